The van der Waals surface area contributed by atoms with E-state index in [1.54, 1.807) is 12.6 Å². The summed E-state index contributed by atoms with van der Waals surface area (Å²) in [6.45, 7) is 13.4. The van der Waals surface area contributed by atoms with E-state index in [4.69, 9.17) is 14.1 Å². The van der Waals surface area contributed by atoms with Crippen LogP contribution in [0.2, 0.25) is 0 Å². The van der Waals surface area contributed by atoms with Crippen LogP contribution in [0.3, 0.4) is 0 Å². The van der Waals surface area contributed by atoms with Crippen LogP contribution in [0.5, 0.6) is 0 Å². The first kappa shape index (κ1) is 18.9. The van der Waals surface area contributed by atoms with E-state index >= 15 is 0 Å². The molecule has 116 valence electrons. The molecule has 0 aliphatic heterocycles. The molecule has 0 rings (SSSR count). The lowest BCUT2D eigenvalue weighted by Gasteiger charge is -2.24. The molecule has 0 amide bonds. The Labute approximate surface area is 125 Å². The van der Waals surface area contributed by atoms with Gasteiger partial charge in [-0.3, -0.25) is 0 Å². The fourth-order valence-electron chi connectivity index (χ4n) is 1.42. The van der Waals surface area contributed by atoms with Crippen molar-refractivity contribution in [1.82, 2.24) is 0 Å². The van der Waals surface area contributed by atoms with Crippen molar-refractivity contribution in [2.75, 3.05) is 0 Å². The van der Waals surface area contributed by atoms with Crippen molar-refractivity contribution in [3.8, 4) is 0 Å². The monoisotopic (exact) mass is 300 g/mol. The Morgan fingerprint density at radius 1 is 1.10 bits per heavy atom. The van der Waals surface area contributed by atoms with Crippen molar-refractivity contribution in [2.24, 2.45) is 10.3 Å². The molecule has 0 spiro atoms. The van der Waals surface area contributed by atoms with Crippen molar-refractivity contribution in [3.63, 3.8) is 0 Å². The molecule has 0 N–H and O–H groups in total. The Kier molecular flexibility index (Phi) is 10.0. The van der Waals surface area contributed by atoms with E-state index in [9.17, 15) is 0 Å². The third kappa shape index (κ3) is 8.87. The van der Waals surface area contributed by atoms with Crippen molar-refractivity contribution >= 4 is 21.2 Å². The molecule has 0 aromatic carbocycles. The van der Waals surface area contributed by atoms with Gasteiger partial charge in [-0.05, 0) is 26.7 Å². The third-order valence-electron chi connectivity index (χ3n) is 2.42. The molecule has 0 fully saturated rings. The first-order chi connectivity index (χ1) is 9.47. The predicted octanol–water partition coefficient (Wildman–Crippen LogP) is 3.29. The Morgan fingerprint density at radius 3 is 1.90 bits per heavy atom. The van der Waals surface area contributed by atoms with E-state index in [-0.39, 0.29) is 0 Å². The summed E-state index contributed by atoms with van der Waals surface area (Å²) in [5.74, 6) is -1.27. The van der Waals surface area contributed by atoms with Crippen LogP contribution in [0.25, 0.3) is 0 Å². The summed E-state index contributed by atoms with van der Waals surface area (Å²) in [7, 11) is -0.920. The Morgan fingerprint density at radius 2 is 1.55 bits per heavy atom. The second kappa shape index (κ2) is 10.6. The molecule has 0 atom stereocenters. The predicted molar refractivity (Wildman–Crippen MR) is 86.4 cm³/mol. The molecule has 0 aromatic heterocycles. The number of hydrogen-bond acceptors (Lipinski definition) is 5. The highest BCUT2D eigenvalue weighted by molar-refractivity contribution is 6.34. The van der Waals surface area contributed by atoms with Gasteiger partial charge in [-0.2, -0.15) is 0 Å². The highest BCUT2D eigenvalue weighted by atomic mass is 28.2. The maximum atomic E-state index is 5.60. The van der Waals surface area contributed by atoms with Gasteiger partial charge in [-0.25, -0.2) is 0 Å². The summed E-state index contributed by atoms with van der Waals surface area (Å²) in [5, 5.41) is 8.10. The SMILES string of the molecule is C=C[SiH2]OC(C)(ON=C(C)CCC)ON=C(C)CCC. The van der Waals surface area contributed by atoms with Gasteiger partial charge in [0.15, 0.2) is 9.76 Å². The van der Waals surface area contributed by atoms with Gasteiger partial charge >= 0.3 is 5.97 Å². The Hall–Kier alpha value is -1.14. The number of oxime groups is 2. The van der Waals surface area contributed by atoms with Gasteiger partial charge in [0, 0.05) is 6.92 Å². The van der Waals surface area contributed by atoms with Crippen LogP contribution in [0.15, 0.2) is 22.6 Å². The minimum Gasteiger partial charge on any atom is -0.349 e. The summed E-state index contributed by atoms with van der Waals surface area (Å²) in [6, 6.07) is 0. The lowest BCUT2D eigenvalue weighted by molar-refractivity contribution is -0.335. The molecule has 5 nitrogen and oxygen atoms in total. The third-order valence-corrected chi connectivity index (χ3v) is 3.35. The summed E-state index contributed by atoms with van der Waals surface area (Å²) in [4.78, 5) is 10.8. The molecule has 0 aliphatic carbocycles. The normalized spacial score (nSPS) is 16.2. The Balaban J connectivity index is 4.68. The zero-order valence-electron chi connectivity index (χ0n) is 13.4. The zero-order valence-corrected chi connectivity index (χ0v) is 14.9. The molecule has 0 aliphatic rings. The molecular formula is C14H28N2O3Si. The highest BCUT2D eigenvalue weighted by Gasteiger charge is 2.30. The fraction of sp³-hybridized carbons (Fsp3) is 0.714. The second-order valence-corrected chi connectivity index (χ2v) is 6.00. The molecule has 0 aromatic rings. The molecule has 0 radical (unpaired) electrons. The van der Waals surface area contributed by atoms with Crippen LogP contribution >= 0.6 is 0 Å². The lowest BCUT2D eigenvalue weighted by Crippen LogP contribution is -2.34. The van der Waals surface area contributed by atoms with Gasteiger partial charge in [0.25, 0.3) is 0 Å². The summed E-state index contributed by atoms with van der Waals surface area (Å²) in [6.07, 6.45) is 3.80. The molecule has 0 unspecified atom stereocenters. The molecule has 20 heavy (non-hydrogen) atoms. The van der Waals surface area contributed by atoms with Crippen LogP contribution in [0, 0.1) is 0 Å². The van der Waals surface area contributed by atoms with Gasteiger partial charge < -0.3 is 14.1 Å². The average molecular weight is 300 g/mol. The van der Waals surface area contributed by atoms with E-state index in [2.05, 4.69) is 30.7 Å². The fourth-order valence-corrected chi connectivity index (χ4v) is 1.94. The number of nitrogens with zero attached hydrogens (tertiary/aromatic N) is 2. The quantitative estimate of drug-likeness (QED) is 0.255. The van der Waals surface area contributed by atoms with Crippen LogP contribution in [-0.2, 0) is 14.1 Å². The molecule has 6 heteroatoms. The van der Waals surface area contributed by atoms with Gasteiger partial charge in [0.05, 0.1) is 11.4 Å². The highest BCUT2D eigenvalue weighted by Crippen LogP contribution is 2.16. The molecular weight excluding hydrogens is 272 g/mol. The minimum atomic E-state index is -1.27. The Bertz CT molecular complexity index is 319. The largest absolute Gasteiger partial charge is 0.401 e. The van der Waals surface area contributed by atoms with Crippen molar-refractivity contribution in [2.45, 2.75) is 66.3 Å². The minimum absolute atomic E-state index is 0.882. The number of hydrogen-bond donors (Lipinski definition) is 0. The van der Waals surface area contributed by atoms with Gasteiger partial charge in [-0.15, -0.1) is 6.58 Å². The molecule has 0 saturated heterocycles. The van der Waals surface area contributed by atoms with Crippen LogP contribution < -0.4 is 0 Å². The maximum absolute atomic E-state index is 5.60. The van der Waals surface area contributed by atoms with Crippen molar-refractivity contribution < 1.29 is 14.1 Å². The van der Waals surface area contributed by atoms with Crippen LogP contribution in [-0.4, -0.2) is 27.2 Å². The van der Waals surface area contributed by atoms with Crippen LogP contribution in [0.1, 0.15) is 60.3 Å². The van der Waals surface area contributed by atoms with E-state index in [0.29, 0.717) is 0 Å². The van der Waals surface area contributed by atoms with Gasteiger partial charge in [0.1, 0.15) is 0 Å². The summed E-state index contributed by atoms with van der Waals surface area (Å²) in [5.41, 5.74) is 3.57. The second-order valence-electron chi connectivity index (χ2n) is 4.80. The van der Waals surface area contributed by atoms with E-state index < -0.39 is 15.7 Å². The smallest absolute Gasteiger partial charge is 0.349 e. The summed E-state index contributed by atoms with van der Waals surface area (Å²) < 4.78 is 5.60. The lowest BCUT2D eigenvalue weighted by atomic mass is 10.2. The standard InChI is InChI=1S/C14H28N2O3Si/c1-7-10-12(4)15-17-14(6,19-20-9-3)18-16-13(5)11-8-2/h9H,3,7-8,10-11,20H2,1-2,4-6H3. The average Bonchev–Trinajstić information content (AvgIpc) is 2.42. The topological polar surface area (TPSA) is 52.4 Å². The van der Waals surface area contributed by atoms with E-state index in [0.717, 1.165) is 37.1 Å². The maximum Gasteiger partial charge on any atom is 0.401 e. The summed E-state index contributed by atoms with van der Waals surface area (Å²) >= 11 is 0. The van der Waals surface area contributed by atoms with Gasteiger partial charge in [0.2, 0.25) is 0 Å². The van der Waals surface area contributed by atoms with E-state index in [1.165, 1.54) is 0 Å². The molecule has 0 saturated carbocycles. The van der Waals surface area contributed by atoms with Crippen LogP contribution in [0.4, 0.5) is 0 Å². The molecule has 0 bridgehead atoms. The van der Waals surface area contributed by atoms with E-state index in [1.807, 2.05) is 13.8 Å². The van der Waals surface area contributed by atoms with Gasteiger partial charge in [-0.1, -0.05) is 42.7 Å². The number of rotatable bonds is 11. The molecule has 0 heterocycles. The zero-order chi connectivity index (χ0) is 15.4. The first-order valence-corrected chi connectivity index (χ1v) is 8.55. The first-order valence-electron chi connectivity index (χ1n) is 7.15. The van der Waals surface area contributed by atoms with Crippen molar-refractivity contribution in [3.05, 3.63) is 12.3 Å². The van der Waals surface area contributed by atoms with Crippen molar-refractivity contribution in [1.29, 1.82) is 0 Å².